The van der Waals surface area contributed by atoms with Gasteiger partial charge in [0.25, 0.3) is 0 Å². The molecule has 0 aliphatic carbocycles. The first-order chi connectivity index (χ1) is 29.5. The summed E-state index contributed by atoms with van der Waals surface area (Å²) in [5, 5.41) is 33.4. The topological polar surface area (TPSA) is 89.8 Å². The highest BCUT2D eigenvalue weighted by Crippen LogP contribution is 2.17. The predicted octanol–water partition coefficient (Wildman–Crippen LogP) is 16.3. The molecule has 4 N–H and O–H groups in total. The molecule has 3 atom stereocenters. The highest BCUT2D eigenvalue weighted by molar-refractivity contribution is 5.76. The Morgan fingerprint density at radius 1 is 0.433 bits per heavy atom. The zero-order valence-electron chi connectivity index (χ0n) is 40.4. The Morgan fingerprint density at radius 2 is 0.750 bits per heavy atom. The van der Waals surface area contributed by atoms with Gasteiger partial charge in [0.15, 0.2) is 0 Å². The molecule has 3 unspecified atom stereocenters. The fourth-order valence-electron chi connectivity index (χ4n) is 8.31. The molecule has 0 spiro atoms. The van der Waals surface area contributed by atoms with Crippen LogP contribution in [0.5, 0.6) is 0 Å². The molecule has 0 saturated heterocycles. The lowest BCUT2D eigenvalue weighted by molar-refractivity contribution is -0.124. The summed E-state index contributed by atoms with van der Waals surface area (Å²) < 4.78 is 0. The second kappa shape index (κ2) is 50.2. The van der Waals surface area contributed by atoms with E-state index in [-0.39, 0.29) is 18.9 Å². The van der Waals surface area contributed by atoms with Crippen LogP contribution in [0.3, 0.4) is 0 Å². The Morgan fingerprint density at radius 3 is 1.10 bits per heavy atom. The van der Waals surface area contributed by atoms with Gasteiger partial charge in [-0.3, -0.25) is 4.79 Å². The molecule has 5 heteroatoms. The first kappa shape index (κ1) is 58.6. The summed E-state index contributed by atoms with van der Waals surface area (Å²) >= 11 is 0. The van der Waals surface area contributed by atoms with Crippen LogP contribution in [0, 0.1) is 0 Å². The van der Waals surface area contributed by atoms with E-state index < -0.39 is 18.2 Å². The van der Waals surface area contributed by atoms with Crippen LogP contribution in [0.4, 0.5) is 0 Å². The van der Waals surface area contributed by atoms with Crippen molar-refractivity contribution in [3.63, 3.8) is 0 Å². The Bertz CT molecular complexity index is 931. The molecular weight excluding hydrogens is 739 g/mol. The van der Waals surface area contributed by atoms with Crippen molar-refractivity contribution in [3.8, 4) is 0 Å². The first-order valence-corrected chi connectivity index (χ1v) is 26.8. The summed E-state index contributed by atoms with van der Waals surface area (Å²) in [6, 6.07) is -0.746. The summed E-state index contributed by atoms with van der Waals surface area (Å²) in [5.41, 5.74) is 0. The Hall–Kier alpha value is -1.43. The number of hydrogen-bond acceptors (Lipinski definition) is 4. The molecule has 5 nitrogen and oxygen atoms in total. The number of nitrogens with one attached hydrogen (secondary N) is 1. The molecule has 1 amide bonds. The maximum atomic E-state index is 12.5. The molecule has 0 aromatic rings. The van der Waals surface area contributed by atoms with Crippen LogP contribution in [-0.2, 0) is 4.79 Å². The van der Waals surface area contributed by atoms with E-state index in [1.54, 1.807) is 6.08 Å². The van der Waals surface area contributed by atoms with Gasteiger partial charge in [0.05, 0.1) is 31.3 Å². The van der Waals surface area contributed by atoms with E-state index in [1.807, 2.05) is 6.08 Å². The minimum absolute atomic E-state index is 0.0114. The number of hydrogen-bond donors (Lipinski definition) is 4. The van der Waals surface area contributed by atoms with Crippen LogP contribution in [0.1, 0.15) is 284 Å². The van der Waals surface area contributed by atoms with E-state index >= 15 is 0 Å². The van der Waals surface area contributed by atoms with Gasteiger partial charge >= 0.3 is 0 Å². The van der Waals surface area contributed by atoms with Gasteiger partial charge in [-0.2, -0.15) is 0 Å². The van der Waals surface area contributed by atoms with Gasteiger partial charge in [0.2, 0.25) is 5.91 Å². The lowest BCUT2D eigenvalue weighted by Gasteiger charge is -2.21. The van der Waals surface area contributed by atoms with Crippen LogP contribution in [0.25, 0.3) is 0 Å². The second-order valence-electron chi connectivity index (χ2n) is 18.5. The average Bonchev–Trinajstić information content (AvgIpc) is 3.24. The molecule has 0 fully saturated rings. The Balaban J connectivity index is 3.61. The zero-order valence-corrected chi connectivity index (χ0v) is 40.4. The van der Waals surface area contributed by atoms with E-state index in [9.17, 15) is 20.1 Å². The SMILES string of the molecule is CCCCCCCCCCC/C=C\C/C=C\CCCCCCCCCCCC(O)CC(=O)NC(CO)C(O)/C=C/CCCCCCCCCCCCCCCCCCCC. The van der Waals surface area contributed by atoms with Crippen LogP contribution in [-0.4, -0.2) is 46.1 Å². The van der Waals surface area contributed by atoms with Crippen molar-refractivity contribution in [2.45, 2.75) is 302 Å². The third-order valence-electron chi connectivity index (χ3n) is 12.4. The largest absolute Gasteiger partial charge is 0.394 e. The van der Waals surface area contributed by atoms with Crippen molar-refractivity contribution in [1.29, 1.82) is 0 Å². The molecule has 0 rings (SSSR count). The maximum absolute atomic E-state index is 12.5. The number of unbranched alkanes of at least 4 members (excludes halogenated alkanes) is 36. The van der Waals surface area contributed by atoms with Crippen molar-refractivity contribution < 1.29 is 20.1 Å². The van der Waals surface area contributed by atoms with E-state index in [4.69, 9.17) is 0 Å². The van der Waals surface area contributed by atoms with Crippen LogP contribution >= 0.6 is 0 Å². The minimum Gasteiger partial charge on any atom is -0.394 e. The fourth-order valence-corrected chi connectivity index (χ4v) is 8.31. The molecule has 0 aromatic carbocycles. The number of aliphatic hydroxyl groups excluding tert-OH is 3. The molecule has 0 aliphatic heterocycles. The van der Waals surface area contributed by atoms with Crippen molar-refractivity contribution in [1.82, 2.24) is 5.32 Å². The highest BCUT2D eigenvalue weighted by atomic mass is 16.3. The number of carbonyl (C=O) groups is 1. The highest BCUT2D eigenvalue weighted by Gasteiger charge is 2.20. The van der Waals surface area contributed by atoms with Crippen molar-refractivity contribution in [2.75, 3.05) is 6.61 Å². The van der Waals surface area contributed by atoms with E-state index in [0.717, 1.165) is 32.1 Å². The molecule has 0 heterocycles. The van der Waals surface area contributed by atoms with Gasteiger partial charge in [-0.05, 0) is 51.4 Å². The molecule has 60 heavy (non-hydrogen) atoms. The molecular formula is C55H105NO4. The normalized spacial score (nSPS) is 13.6. The molecule has 0 radical (unpaired) electrons. The van der Waals surface area contributed by atoms with E-state index in [2.05, 4.69) is 43.5 Å². The van der Waals surface area contributed by atoms with Gasteiger partial charge in [-0.25, -0.2) is 0 Å². The summed E-state index contributed by atoms with van der Waals surface area (Å²) in [7, 11) is 0. The summed E-state index contributed by atoms with van der Waals surface area (Å²) in [6.45, 7) is 4.24. The second-order valence-corrected chi connectivity index (χ2v) is 18.5. The number of allylic oxidation sites excluding steroid dienone is 5. The fraction of sp³-hybridized carbons (Fsp3) is 0.873. The lowest BCUT2D eigenvalue weighted by Crippen LogP contribution is -2.45. The smallest absolute Gasteiger partial charge is 0.222 e. The quantitative estimate of drug-likeness (QED) is 0.0363. The van der Waals surface area contributed by atoms with Gasteiger partial charge in [-0.1, -0.05) is 262 Å². The van der Waals surface area contributed by atoms with Gasteiger partial charge in [0, 0.05) is 0 Å². The third kappa shape index (κ3) is 46.1. The summed E-state index contributed by atoms with van der Waals surface area (Å²) in [5.74, 6) is -0.315. The lowest BCUT2D eigenvalue weighted by atomic mass is 10.0. The first-order valence-electron chi connectivity index (χ1n) is 26.8. The van der Waals surface area contributed by atoms with Gasteiger partial charge in [-0.15, -0.1) is 0 Å². The minimum atomic E-state index is -0.931. The zero-order chi connectivity index (χ0) is 43.7. The molecule has 354 valence electrons. The third-order valence-corrected chi connectivity index (χ3v) is 12.4. The van der Waals surface area contributed by atoms with Crippen molar-refractivity contribution >= 4 is 5.91 Å². The van der Waals surface area contributed by atoms with Gasteiger partial charge in [0.1, 0.15) is 0 Å². The molecule has 0 bridgehead atoms. The molecule has 0 aliphatic rings. The molecule has 0 aromatic heterocycles. The van der Waals surface area contributed by atoms with E-state index in [0.29, 0.717) is 6.42 Å². The summed E-state index contributed by atoms with van der Waals surface area (Å²) in [4.78, 5) is 12.5. The van der Waals surface area contributed by atoms with Gasteiger partial charge < -0.3 is 20.6 Å². The number of rotatable bonds is 49. The molecule has 0 saturated carbocycles. The average molecular weight is 844 g/mol. The van der Waals surface area contributed by atoms with Crippen LogP contribution in [0.15, 0.2) is 36.5 Å². The monoisotopic (exact) mass is 844 g/mol. The number of amides is 1. The number of aliphatic hydroxyl groups is 3. The van der Waals surface area contributed by atoms with Crippen LogP contribution < -0.4 is 5.32 Å². The number of carbonyl (C=O) groups excluding carboxylic acids is 1. The van der Waals surface area contributed by atoms with Crippen molar-refractivity contribution in [2.24, 2.45) is 0 Å². The Kier molecular flexibility index (Phi) is 49.0. The summed E-state index contributed by atoms with van der Waals surface area (Å²) in [6.07, 6.45) is 64.6. The van der Waals surface area contributed by atoms with Crippen LogP contribution in [0.2, 0.25) is 0 Å². The Labute approximate surface area is 374 Å². The van der Waals surface area contributed by atoms with Crippen molar-refractivity contribution in [3.05, 3.63) is 36.5 Å². The van der Waals surface area contributed by atoms with E-state index in [1.165, 1.54) is 225 Å². The standard InChI is InChI=1S/C55H105NO4/c1-3-5-7-9-11-13-15-17-19-21-23-25-26-27-28-29-30-32-34-36-38-40-42-44-46-48-52(58)50-55(60)56-53(51-57)54(59)49-47-45-43-41-39-37-35-33-31-24-22-20-18-16-14-12-10-8-6-4-2/h23,25,27-28,47,49,52-54,57-59H,3-22,24,26,29-46,48,50-51H2,1-2H3,(H,56,60)/b25-23-,28-27-,49-47+. The maximum Gasteiger partial charge on any atom is 0.222 e. The predicted molar refractivity (Wildman–Crippen MR) is 264 cm³/mol.